The molecule has 1 aliphatic carbocycles. The summed E-state index contributed by atoms with van der Waals surface area (Å²) in [5.74, 6) is 1.50. The number of ether oxygens (including phenoxy) is 1. The van der Waals surface area contributed by atoms with Crippen LogP contribution in [0.3, 0.4) is 0 Å². The van der Waals surface area contributed by atoms with E-state index in [1.807, 2.05) is 0 Å². The average molecular weight is 141 g/mol. The lowest BCUT2D eigenvalue weighted by Gasteiger charge is -2.07. The molecule has 10 heavy (non-hydrogen) atoms. The van der Waals surface area contributed by atoms with E-state index >= 15 is 0 Å². The molecule has 1 heterocycles. The first-order valence-electron chi connectivity index (χ1n) is 4.18. The summed E-state index contributed by atoms with van der Waals surface area (Å²) in [7, 11) is 0. The van der Waals surface area contributed by atoms with E-state index in [0.717, 1.165) is 12.5 Å². The van der Waals surface area contributed by atoms with E-state index in [0.29, 0.717) is 18.1 Å². The second kappa shape index (κ2) is 2.21. The van der Waals surface area contributed by atoms with Gasteiger partial charge in [0.1, 0.15) is 0 Å². The van der Waals surface area contributed by atoms with Crippen LogP contribution in [0.2, 0.25) is 0 Å². The third-order valence-electron chi connectivity index (χ3n) is 2.75. The number of hydrogen-bond acceptors (Lipinski definition) is 2. The Morgan fingerprint density at radius 3 is 2.90 bits per heavy atom. The van der Waals surface area contributed by atoms with Crippen molar-refractivity contribution in [3.63, 3.8) is 0 Å². The summed E-state index contributed by atoms with van der Waals surface area (Å²) in [6, 6.07) is 0.341. The van der Waals surface area contributed by atoms with Gasteiger partial charge in [-0.15, -0.1) is 0 Å². The molecule has 58 valence electrons. The largest absolute Gasteiger partial charge is 0.378 e. The number of nitrogens with two attached hydrogens (primary N) is 1. The molecule has 1 saturated carbocycles. The maximum Gasteiger partial charge on any atom is 0.0653 e. The van der Waals surface area contributed by atoms with Crippen molar-refractivity contribution in [3.05, 3.63) is 0 Å². The van der Waals surface area contributed by atoms with Crippen LogP contribution < -0.4 is 5.73 Å². The van der Waals surface area contributed by atoms with Gasteiger partial charge in [-0.1, -0.05) is 0 Å². The van der Waals surface area contributed by atoms with Gasteiger partial charge in [0.05, 0.1) is 6.10 Å². The van der Waals surface area contributed by atoms with Crippen LogP contribution in [0.15, 0.2) is 0 Å². The summed E-state index contributed by atoms with van der Waals surface area (Å²) in [5.41, 5.74) is 5.78. The molecule has 2 aliphatic rings. The molecule has 2 unspecified atom stereocenters. The Hall–Kier alpha value is -0.0800. The van der Waals surface area contributed by atoms with Gasteiger partial charge in [0.25, 0.3) is 0 Å². The lowest BCUT2D eigenvalue weighted by atomic mass is 10.1. The van der Waals surface area contributed by atoms with Crippen molar-refractivity contribution in [3.8, 4) is 0 Å². The number of hydrogen-bond donors (Lipinski definition) is 1. The van der Waals surface area contributed by atoms with E-state index in [1.165, 1.54) is 12.8 Å². The Balaban J connectivity index is 1.93. The van der Waals surface area contributed by atoms with Gasteiger partial charge in [-0.05, 0) is 25.7 Å². The highest BCUT2D eigenvalue weighted by atomic mass is 16.5. The van der Waals surface area contributed by atoms with Gasteiger partial charge in [-0.25, -0.2) is 0 Å². The van der Waals surface area contributed by atoms with Crippen molar-refractivity contribution in [1.82, 2.24) is 0 Å². The van der Waals surface area contributed by atoms with Crippen molar-refractivity contribution in [2.75, 3.05) is 6.61 Å². The third-order valence-corrected chi connectivity index (χ3v) is 2.75. The fourth-order valence-electron chi connectivity index (χ4n) is 2.19. The summed E-state index contributed by atoms with van der Waals surface area (Å²) < 4.78 is 5.55. The normalized spacial score (nSPS) is 48.0. The highest BCUT2D eigenvalue weighted by Crippen LogP contribution is 2.49. The second-order valence-electron chi connectivity index (χ2n) is 3.58. The van der Waals surface area contributed by atoms with Crippen LogP contribution >= 0.6 is 0 Å². The lowest BCUT2D eigenvalue weighted by Crippen LogP contribution is -2.20. The standard InChI is InChI=1S/C8H15NO/c1-5(9)7-6-3-2-4-10-8(6)7/h5-8H,2-4,9H2,1H3/t5?,6-,7?,8-/m1/s1. The Morgan fingerprint density at radius 2 is 2.40 bits per heavy atom. The summed E-state index contributed by atoms with van der Waals surface area (Å²) in [6.07, 6.45) is 3.12. The van der Waals surface area contributed by atoms with E-state index in [9.17, 15) is 0 Å². The van der Waals surface area contributed by atoms with Crippen molar-refractivity contribution in [2.24, 2.45) is 17.6 Å². The van der Waals surface area contributed by atoms with E-state index in [-0.39, 0.29) is 0 Å². The monoisotopic (exact) mass is 141 g/mol. The summed E-state index contributed by atoms with van der Waals surface area (Å²) in [5, 5.41) is 0. The molecule has 0 aromatic carbocycles. The van der Waals surface area contributed by atoms with Crippen LogP contribution in [-0.2, 0) is 4.74 Å². The Kier molecular flexibility index (Phi) is 1.46. The SMILES string of the molecule is CC(N)C1[C@H]2CCCO[C@@H]12. The summed E-state index contributed by atoms with van der Waals surface area (Å²) >= 11 is 0. The Bertz CT molecular complexity index is 123. The first-order chi connectivity index (χ1) is 4.80. The van der Waals surface area contributed by atoms with Crippen LogP contribution in [0.1, 0.15) is 19.8 Å². The molecule has 0 spiro atoms. The highest BCUT2D eigenvalue weighted by molar-refractivity contribution is 5.04. The van der Waals surface area contributed by atoms with Crippen LogP contribution in [0.25, 0.3) is 0 Å². The first-order valence-corrected chi connectivity index (χ1v) is 4.18. The fourth-order valence-corrected chi connectivity index (χ4v) is 2.19. The molecular weight excluding hydrogens is 126 g/mol. The van der Waals surface area contributed by atoms with Gasteiger partial charge in [0.15, 0.2) is 0 Å². The quantitative estimate of drug-likeness (QED) is 0.585. The van der Waals surface area contributed by atoms with E-state index < -0.39 is 0 Å². The molecule has 0 amide bonds. The van der Waals surface area contributed by atoms with Gasteiger partial charge in [-0.2, -0.15) is 0 Å². The molecule has 1 saturated heterocycles. The Labute approximate surface area is 61.7 Å². The van der Waals surface area contributed by atoms with E-state index in [1.54, 1.807) is 0 Å². The van der Waals surface area contributed by atoms with Crippen LogP contribution in [0.4, 0.5) is 0 Å². The smallest absolute Gasteiger partial charge is 0.0653 e. The minimum absolute atomic E-state index is 0.341. The molecule has 4 atom stereocenters. The minimum atomic E-state index is 0.341. The van der Waals surface area contributed by atoms with Crippen LogP contribution in [0.5, 0.6) is 0 Å². The fraction of sp³-hybridized carbons (Fsp3) is 1.00. The third kappa shape index (κ3) is 0.867. The average Bonchev–Trinajstić information content (AvgIpc) is 2.60. The Morgan fingerprint density at radius 1 is 1.60 bits per heavy atom. The van der Waals surface area contributed by atoms with Crippen LogP contribution in [0, 0.1) is 11.8 Å². The molecule has 1 aliphatic heterocycles. The number of rotatable bonds is 1. The molecule has 0 radical (unpaired) electrons. The van der Waals surface area contributed by atoms with Gasteiger partial charge in [0.2, 0.25) is 0 Å². The summed E-state index contributed by atoms with van der Waals surface area (Å²) in [6.45, 7) is 3.05. The molecular formula is C8H15NO. The highest BCUT2D eigenvalue weighted by Gasteiger charge is 2.53. The molecule has 2 heteroatoms. The van der Waals surface area contributed by atoms with Crippen molar-refractivity contribution < 1.29 is 4.74 Å². The molecule has 0 aromatic heterocycles. The maximum atomic E-state index is 5.78. The zero-order valence-corrected chi connectivity index (χ0v) is 6.42. The van der Waals surface area contributed by atoms with Crippen molar-refractivity contribution in [2.45, 2.75) is 31.9 Å². The summed E-state index contributed by atoms with van der Waals surface area (Å²) in [4.78, 5) is 0. The van der Waals surface area contributed by atoms with Crippen molar-refractivity contribution >= 4 is 0 Å². The zero-order chi connectivity index (χ0) is 7.14. The van der Waals surface area contributed by atoms with E-state index in [4.69, 9.17) is 10.5 Å². The lowest BCUT2D eigenvalue weighted by molar-refractivity contribution is 0.0744. The maximum absolute atomic E-state index is 5.78. The van der Waals surface area contributed by atoms with Gasteiger partial charge in [-0.3, -0.25) is 0 Å². The minimum Gasteiger partial charge on any atom is -0.378 e. The molecule has 0 aromatic rings. The predicted octanol–water partition coefficient (Wildman–Crippen LogP) is 0.759. The molecule has 2 rings (SSSR count). The topological polar surface area (TPSA) is 35.2 Å². The first kappa shape index (κ1) is 6.62. The molecule has 2 N–H and O–H groups in total. The van der Waals surface area contributed by atoms with E-state index in [2.05, 4.69) is 6.92 Å². The second-order valence-corrected chi connectivity index (χ2v) is 3.58. The molecule has 2 nitrogen and oxygen atoms in total. The molecule has 0 bridgehead atoms. The number of fused-ring (bicyclic) bond motifs is 1. The van der Waals surface area contributed by atoms with Crippen LogP contribution in [-0.4, -0.2) is 18.8 Å². The van der Waals surface area contributed by atoms with Gasteiger partial charge < -0.3 is 10.5 Å². The predicted molar refractivity (Wildman–Crippen MR) is 39.6 cm³/mol. The van der Waals surface area contributed by atoms with Crippen molar-refractivity contribution in [1.29, 1.82) is 0 Å². The molecule has 2 fully saturated rings. The van der Waals surface area contributed by atoms with Gasteiger partial charge >= 0.3 is 0 Å². The zero-order valence-electron chi connectivity index (χ0n) is 6.42. The van der Waals surface area contributed by atoms with Gasteiger partial charge in [0, 0.05) is 18.6 Å².